The first-order valence-corrected chi connectivity index (χ1v) is 5.27. The molecule has 2 N–H and O–H groups in total. The van der Waals surface area contributed by atoms with E-state index in [9.17, 15) is 4.79 Å². The SMILES string of the molecule is Cc1ccc(/C(Cl)=C(\C=N\O)CC(=O)O)cc1. The summed E-state index contributed by atoms with van der Waals surface area (Å²) in [6.07, 6.45) is 0.743. The van der Waals surface area contributed by atoms with Crippen LogP contribution >= 0.6 is 11.6 Å². The van der Waals surface area contributed by atoms with Crippen molar-refractivity contribution in [2.45, 2.75) is 13.3 Å². The zero-order valence-corrected chi connectivity index (χ0v) is 9.98. The van der Waals surface area contributed by atoms with Gasteiger partial charge in [-0.05, 0) is 12.5 Å². The third-order valence-electron chi connectivity index (χ3n) is 2.14. The van der Waals surface area contributed by atoms with Crippen molar-refractivity contribution in [2.75, 3.05) is 0 Å². The number of nitrogens with zero attached hydrogens (tertiary/aromatic N) is 1. The topological polar surface area (TPSA) is 69.9 Å². The zero-order chi connectivity index (χ0) is 12.8. The largest absolute Gasteiger partial charge is 0.481 e. The lowest BCUT2D eigenvalue weighted by Crippen LogP contribution is -2.00. The van der Waals surface area contributed by atoms with Crippen LogP contribution in [-0.4, -0.2) is 22.5 Å². The number of aliphatic carboxylic acids is 1. The summed E-state index contributed by atoms with van der Waals surface area (Å²) in [5.41, 5.74) is 2.02. The highest BCUT2D eigenvalue weighted by molar-refractivity contribution is 6.50. The fourth-order valence-corrected chi connectivity index (χ4v) is 1.54. The molecule has 4 nitrogen and oxygen atoms in total. The Hall–Kier alpha value is -1.81. The summed E-state index contributed by atoms with van der Waals surface area (Å²) in [4.78, 5) is 10.6. The average molecular weight is 254 g/mol. The lowest BCUT2D eigenvalue weighted by molar-refractivity contribution is -0.136. The first kappa shape index (κ1) is 13.3. The summed E-state index contributed by atoms with van der Waals surface area (Å²) in [5, 5.41) is 20.3. The molecule has 0 radical (unpaired) electrons. The van der Waals surface area contributed by atoms with Crippen LogP contribution in [-0.2, 0) is 4.79 Å². The monoisotopic (exact) mass is 253 g/mol. The number of halogens is 1. The van der Waals surface area contributed by atoms with Crippen molar-refractivity contribution in [2.24, 2.45) is 5.16 Å². The molecule has 5 heteroatoms. The van der Waals surface area contributed by atoms with Gasteiger partial charge in [0.05, 0.1) is 17.7 Å². The molecule has 90 valence electrons. The van der Waals surface area contributed by atoms with Gasteiger partial charge in [0.15, 0.2) is 0 Å². The molecule has 0 spiro atoms. The Morgan fingerprint density at radius 3 is 2.47 bits per heavy atom. The van der Waals surface area contributed by atoms with Crippen LogP contribution in [0, 0.1) is 6.92 Å². The molecule has 0 atom stereocenters. The van der Waals surface area contributed by atoms with Crippen LogP contribution in [0.3, 0.4) is 0 Å². The highest BCUT2D eigenvalue weighted by atomic mass is 35.5. The Balaban J connectivity index is 3.13. The average Bonchev–Trinajstić information content (AvgIpc) is 2.28. The Kier molecular flexibility index (Phi) is 4.72. The van der Waals surface area contributed by atoms with Gasteiger partial charge in [0.25, 0.3) is 0 Å². The van der Waals surface area contributed by atoms with Crippen LogP contribution in [0.5, 0.6) is 0 Å². The van der Waals surface area contributed by atoms with Crippen LogP contribution in [0.4, 0.5) is 0 Å². The van der Waals surface area contributed by atoms with Gasteiger partial charge in [0, 0.05) is 5.57 Å². The zero-order valence-electron chi connectivity index (χ0n) is 9.22. The molecule has 0 aliphatic rings. The van der Waals surface area contributed by atoms with Crippen molar-refractivity contribution in [3.8, 4) is 0 Å². The van der Waals surface area contributed by atoms with Crippen LogP contribution in [0.1, 0.15) is 17.5 Å². The van der Waals surface area contributed by atoms with E-state index in [0.717, 1.165) is 11.8 Å². The summed E-state index contributed by atoms with van der Waals surface area (Å²) < 4.78 is 0. The van der Waals surface area contributed by atoms with Crippen molar-refractivity contribution in [3.05, 3.63) is 41.0 Å². The second-order valence-electron chi connectivity index (χ2n) is 3.52. The highest BCUT2D eigenvalue weighted by Crippen LogP contribution is 2.24. The second-order valence-corrected chi connectivity index (χ2v) is 3.90. The van der Waals surface area contributed by atoms with Crippen LogP contribution in [0.25, 0.3) is 5.03 Å². The highest BCUT2D eigenvalue weighted by Gasteiger charge is 2.09. The summed E-state index contributed by atoms with van der Waals surface area (Å²) in [6.45, 7) is 1.94. The van der Waals surface area contributed by atoms with E-state index in [1.54, 1.807) is 12.1 Å². The maximum atomic E-state index is 10.6. The molecule has 0 bridgehead atoms. The smallest absolute Gasteiger partial charge is 0.307 e. The minimum absolute atomic E-state index is 0.255. The maximum absolute atomic E-state index is 10.6. The fraction of sp³-hybridized carbons (Fsp3) is 0.167. The molecule has 0 saturated carbocycles. The van der Waals surface area contributed by atoms with Gasteiger partial charge in [-0.3, -0.25) is 4.79 Å². The number of carboxylic acid groups (broad SMARTS) is 1. The second kappa shape index (κ2) is 6.06. The minimum atomic E-state index is -1.04. The Labute approximate surface area is 104 Å². The maximum Gasteiger partial charge on any atom is 0.307 e. The number of hydrogen-bond donors (Lipinski definition) is 2. The number of carboxylic acids is 1. The van der Waals surface area contributed by atoms with E-state index in [1.807, 2.05) is 19.1 Å². The van der Waals surface area contributed by atoms with E-state index in [4.69, 9.17) is 21.9 Å². The van der Waals surface area contributed by atoms with Gasteiger partial charge in [0.1, 0.15) is 0 Å². The summed E-state index contributed by atoms with van der Waals surface area (Å²) in [7, 11) is 0. The lowest BCUT2D eigenvalue weighted by Gasteiger charge is -2.04. The van der Waals surface area contributed by atoms with Gasteiger partial charge in [-0.25, -0.2) is 0 Å². The summed E-state index contributed by atoms with van der Waals surface area (Å²) >= 11 is 6.06. The van der Waals surface area contributed by atoms with E-state index < -0.39 is 5.97 Å². The van der Waals surface area contributed by atoms with Crippen LogP contribution in [0.15, 0.2) is 35.0 Å². The van der Waals surface area contributed by atoms with Gasteiger partial charge < -0.3 is 10.3 Å². The number of benzene rings is 1. The van der Waals surface area contributed by atoms with E-state index in [0.29, 0.717) is 5.56 Å². The third kappa shape index (κ3) is 3.92. The van der Waals surface area contributed by atoms with Crippen molar-refractivity contribution in [1.82, 2.24) is 0 Å². The number of aryl methyl sites for hydroxylation is 1. The summed E-state index contributed by atoms with van der Waals surface area (Å²) in [6, 6.07) is 7.30. The Morgan fingerprint density at radius 1 is 1.41 bits per heavy atom. The summed E-state index contributed by atoms with van der Waals surface area (Å²) in [5.74, 6) is -1.04. The van der Waals surface area contributed by atoms with Gasteiger partial charge >= 0.3 is 5.97 Å². The van der Waals surface area contributed by atoms with Gasteiger partial charge in [-0.1, -0.05) is 46.6 Å². The van der Waals surface area contributed by atoms with Crippen molar-refractivity contribution >= 4 is 28.8 Å². The molecule has 0 aromatic heterocycles. The molecule has 0 amide bonds. The first-order valence-electron chi connectivity index (χ1n) is 4.89. The van der Waals surface area contributed by atoms with Gasteiger partial charge in [-0.2, -0.15) is 0 Å². The number of oxime groups is 1. The standard InChI is InChI=1S/C12H12ClNO3/c1-8-2-4-9(5-3-8)12(13)10(7-14-17)6-11(15)16/h2-5,7,17H,6H2,1H3,(H,15,16)/b12-10+,14-7+. The van der Waals surface area contributed by atoms with Crippen molar-refractivity contribution < 1.29 is 15.1 Å². The Bertz CT molecular complexity index is 463. The fourth-order valence-electron chi connectivity index (χ4n) is 1.30. The molecule has 1 rings (SSSR count). The van der Waals surface area contributed by atoms with E-state index in [1.165, 1.54) is 0 Å². The Morgan fingerprint density at radius 2 is 2.00 bits per heavy atom. The molecule has 1 aromatic carbocycles. The number of hydrogen-bond acceptors (Lipinski definition) is 3. The molecule has 0 heterocycles. The van der Waals surface area contributed by atoms with Gasteiger partial charge in [-0.15, -0.1) is 0 Å². The molecule has 0 aliphatic carbocycles. The number of carbonyl (C=O) groups is 1. The van der Waals surface area contributed by atoms with Crippen LogP contribution < -0.4 is 0 Å². The van der Waals surface area contributed by atoms with Crippen molar-refractivity contribution in [1.29, 1.82) is 0 Å². The van der Waals surface area contributed by atoms with Crippen LogP contribution in [0.2, 0.25) is 0 Å². The molecule has 0 aliphatic heterocycles. The molecule has 1 aromatic rings. The van der Waals surface area contributed by atoms with Gasteiger partial charge in [0.2, 0.25) is 0 Å². The normalized spacial score (nSPS) is 12.6. The lowest BCUT2D eigenvalue weighted by atomic mass is 10.1. The molecular formula is C12H12ClNO3. The van der Waals surface area contributed by atoms with E-state index in [2.05, 4.69) is 5.16 Å². The predicted molar refractivity (Wildman–Crippen MR) is 66.5 cm³/mol. The predicted octanol–water partition coefficient (Wildman–Crippen LogP) is 2.88. The van der Waals surface area contributed by atoms with Crippen molar-refractivity contribution in [3.63, 3.8) is 0 Å². The molecule has 17 heavy (non-hydrogen) atoms. The minimum Gasteiger partial charge on any atom is -0.481 e. The third-order valence-corrected chi connectivity index (χ3v) is 2.60. The molecular weight excluding hydrogens is 242 g/mol. The molecule has 0 unspecified atom stereocenters. The molecule has 0 fully saturated rings. The van der Waals surface area contributed by atoms with E-state index >= 15 is 0 Å². The number of rotatable bonds is 4. The first-order chi connectivity index (χ1) is 8.04. The van der Waals surface area contributed by atoms with E-state index in [-0.39, 0.29) is 17.0 Å². The quantitative estimate of drug-likeness (QED) is 0.492. The molecule has 0 saturated heterocycles.